The summed E-state index contributed by atoms with van der Waals surface area (Å²) in [6.45, 7) is 4.83. The molecule has 1 aliphatic heterocycles. The van der Waals surface area contributed by atoms with Gasteiger partial charge in [-0.05, 0) is 37.4 Å². The van der Waals surface area contributed by atoms with Crippen LogP contribution in [0.25, 0.3) is 11.5 Å². The number of hydrogen-bond donors (Lipinski definition) is 1. The van der Waals surface area contributed by atoms with Crippen molar-refractivity contribution >= 4 is 0 Å². The Morgan fingerprint density at radius 3 is 2.95 bits per heavy atom. The Bertz CT molecular complexity index is 582. The molecule has 5 heteroatoms. The van der Waals surface area contributed by atoms with Crippen LogP contribution in [0.5, 0.6) is 0 Å². The normalized spacial score (nSPS) is 19.6. The number of aliphatic hydroxyl groups is 1. The highest BCUT2D eigenvalue weighted by molar-refractivity contribution is 5.57. The molecular weight excluding hydrogens is 254 g/mol. The third-order valence-corrected chi connectivity index (χ3v) is 3.83. The number of hydrogen-bond acceptors (Lipinski definition) is 5. The lowest BCUT2D eigenvalue weighted by Crippen LogP contribution is -2.21. The molecule has 5 nitrogen and oxygen atoms in total. The smallest absolute Gasteiger partial charge is 0.248 e. The maximum Gasteiger partial charge on any atom is 0.248 e. The van der Waals surface area contributed by atoms with E-state index in [9.17, 15) is 0 Å². The van der Waals surface area contributed by atoms with Gasteiger partial charge in [0.15, 0.2) is 0 Å². The maximum absolute atomic E-state index is 9.16. The second kappa shape index (κ2) is 5.73. The third kappa shape index (κ3) is 2.73. The van der Waals surface area contributed by atoms with Gasteiger partial charge in [-0.15, -0.1) is 10.2 Å². The van der Waals surface area contributed by atoms with Crippen LogP contribution in [-0.2, 0) is 6.54 Å². The fraction of sp³-hybridized carbons (Fsp3) is 0.467. The van der Waals surface area contributed by atoms with E-state index in [4.69, 9.17) is 9.52 Å². The minimum absolute atomic E-state index is 0.259. The van der Waals surface area contributed by atoms with E-state index >= 15 is 0 Å². The Morgan fingerprint density at radius 2 is 2.20 bits per heavy atom. The van der Waals surface area contributed by atoms with Gasteiger partial charge >= 0.3 is 0 Å². The molecule has 0 amide bonds. The largest absolute Gasteiger partial charge is 0.419 e. The zero-order chi connectivity index (χ0) is 13.9. The minimum Gasteiger partial charge on any atom is -0.419 e. The van der Waals surface area contributed by atoms with Gasteiger partial charge in [-0.3, -0.25) is 4.90 Å². The number of aryl methyl sites for hydroxylation is 1. The van der Waals surface area contributed by atoms with E-state index in [0.29, 0.717) is 24.2 Å². The van der Waals surface area contributed by atoms with E-state index in [2.05, 4.69) is 15.1 Å². The highest BCUT2D eigenvalue weighted by Crippen LogP contribution is 2.23. The number of likely N-dealkylation sites (tertiary alicyclic amines) is 1. The van der Waals surface area contributed by atoms with E-state index in [1.807, 2.05) is 31.2 Å². The highest BCUT2D eigenvalue weighted by Gasteiger charge is 2.23. The van der Waals surface area contributed by atoms with Gasteiger partial charge in [0.1, 0.15) is 0 Å². The summed E-state index contributed by atoms with van der Waals surface area (Å²) in [7, 11) is 0. The van der Waals surface area contributed by atoms with Gasteiger partial charge < -0.3 is 9.52 Å². The van der Waals surface area contributed by atoms with E-state index in [1.165, 1.54) is 0 Å². The van der Waals surface area contributed by atoms with Gasteiger partial charge in [0, 0.05) is 18.7 Å². The summed E-state index contributed by atoms with van der Waals surface area (Å²) < 4.78 is 5.75. The average Bonchev–Trinajstić information content (AvgIpc) is 3.09. The lowest BCUT2D eigenvalue weighted by atomic mass is 10.1. The number of benzene rings is 1. The van der Waals surface area contributed by atoms with Crippen LogP contribution in [0, 0.1) is 12.8 Å². The monoisotopic (exact) mass is 273 g/mol. The van der Waals surface area contributed by atoms with Crippen molar-refractivity contribution < 1.29 is 9.52 Å². The second-order valence-corrected chi connectivity index (χ2v) is 5.39. The molecule has 1 saturated heterocycles. The molecule has 0 radical (unpaired) electrons. The van der Waals surface area contributed by atoms with E-state index in [1.54, 1.807) is 0 Å². The lowest BCUT2D eigenvalue weighted by Gasteiger charge is -2.12. The topological polar surface area (TPSA) is 62.4 Å². The summed E-state index contributed by atoms with van der Waals surface area (Å²) >= 11 is 0. The Labute approximate surface area is 118 Å². The van der Waals surface area contributed by atoms with Crippen LogP contribution in [0.2, 0.25) is 0 Å². The Hall–Kier alpha value is -1.72. The number of aromatic nitrogens is 2. The summed E-state index contributed by atoms with van der Waals surface area (Å²) in [5.41, 5.74) is 2.12. The molecule has 1 atom stereocenters. The van der Waals surface area contributed by atoms with Crippen LogP contribution in [0.3, 0.4) is 0 Å². The van der Waals surface area contributed by atoms with Gasteiger partial charge in [-0.25, -0.2) is 0 Å². The van der Waals surface area contributed by atoms with Crippen molar-refractivity contribution in [3.05, 3.63) is 35.7 Å². The first-order valence-corrected chi connectivity index (χ1v) is 6.98. The van der Waals surface area contributed by atoms with E-state index < -0.39 is 0 Å². The van der Waals surface area contributed by atoms with Crippen LogP contribution < -0.4 is 0 Å². The highest BCUT2D eigenvalue weighted by atomic mass is 16.4. The van der Waals surface area contributed by atoms with Gasteiger partial charge in [-0.2, -0.15) is 0 Å². The molecule has 2 aromatic rings. The van der Waals surface area contributed by atoms with Crippen LogP contribution >= 0.6 is 0 Å². The Morgan fingerprint density at radius 1 is 1.35 bits per heavy atom. The molecule has 1 aliphatic rings. The van der Waals surface area contributed by atoms with Crippen molar-refractivity contribution in [2.45, 2.75) is 19.9 Å². The van der Waals surface area contributed by atoms with Gasteiger partial charge in [-0.1, -0.05) is 18.2 Å². The van der Waals surface area contributed by atoms with Gasteiger partial charge in [0.25, 0.3) is 0 Å². The molecule has 1 aromatic carbocycles. The maximum atomic E-state index is 9.16. The van der Waals surface area contributed by atoms with Crippen LogP contribution in [0.1, 0.15) is 17.9 Å². The molecule has 0 saturated carbocycles. The zero-order valence-corrected chi connectivity index (χ0v) is 11.6. The predicted molar refractivity (Wildman–Crippen MR) is 74.9 cm³/mol. The first-order valence-electron chi connectivity index (χ1n) is 6.98. The standard InChI is InChI=1S/C15H19N3O2/c1-11-4-2-3-5-13(11)15-17-16-14(20-15)9-18-7-6-12(8-18)10-19/h2-5,12,19H,6-10H2,1H3. The van der Waals surface area contributed by atoms with Crippen LogP contribution in [0.15, 0.2) is 28.7 Å². The molecule has 1 fully saturated rings. The summed E-state index contributed by atoms with van der Waals surface area (Å²) in [6.07, 6.45) is 1.04. The lowest BCUT2D eigenvalue weighted by molar-refractivity contribution is 0.215. The molecule has 20 heavy (non-hydrogen) atoms. The second-order valence-electron chi connectivity index (χ2n) is 5.39. The number of rotatable bonds is 4. The first kappa shape index (κ1) is 13.3. The van der Waals surface area contributed by atoms with E-state index in [0.717, 1.165) is 30.6 Å². The minimum atomic E-state index is 0.259. The molecule has 3 rings (SSSR count). The molecule has 1 aromatic heterocycles. The van der Waals surface area contributed by atoms with Crippen molar-refractivity contribution in [1.82, 2.24) is 15.1 Å². The molecule has 0 bridgehead atoms. The van der Waals surface area contributed by atoms with Crippen molar-refractivity contribution in [2.24, 2.45) is 5.92 Å². The Kier molecular flexibility index (Phi) is 3.80. The van der Waals surface area contributed by atoms with Crippen LogP contribution in [-0.4, -0.2) is 39.9 Å². The van der Waals surface area contributed by atoms with Crippen LogP contribution in [0.4, 0.5) is 0 Å². The zero-order valence-electron chi connectivity index (χ0n) is 11.6. The molecule has 1 N–H and O–H groups in total. The predicted octanol–water partition coefficient (Wildman–Crippen LogP) is 1.86. The number of nitrogens with zero attached hydrogens (tertiary/aromatic N) is 3. The fourth-order valence-corrected chi connectivity index (χ4v) is 2.64. The first-order chi connectivity index (χ1) is 9.76. The molecule has 0 aliphatic carbocycles. The van der Waals surface area contributed by atoms with Crippen molar-refractivity contribution in [3.63, 3.8) is 0 Å². The summed E-state index contributed by atoms with van der Waals surface area (Å²) in [5.74, 6) is 1.60. The molecular formula is C15H19N3O2. The fourth-order valence-electron chi connectivity index (χ4n) is 2.64. The van der Waals surface area contributed by atoms with Crippen molar-refractivity contribution in [1.29, 1.82) is 0 Å². The van der Waals surface area contributed by atoms with Crippen molar-refractivity contribution in [3.8, 4) is 11.5 Å². The quantitative estimate of drug-likeness (QED) is 0.921. The average molecular weight is 273 g/mol. The SMILES string of the molecule is Cc1ccccc1-c1nnc(CN2CCC(CO)C2)o1. The summed E-state index contributed by atoms with van der Waals surface area (Å²) in [5, 5.41) is 17.4. The summed E-state index contributed by atoms with van der Waals surface area (Å²) in [6, 6.07) is 7.99. The van der Waals surface area contributed by atoms with E-state index in [-0.39, 0.29) is 6.61 Å². The molecule has 0 spiro atoms. The van der Waals surface area contributed by atoms with Gasteiger partial charge in [0.2, 0.25) is 11.8 Å². The summed E-state index contributed by atoms with van der Waals surface area (Å²) in [4.78, 5) is 2.25. The molecule has 2 heterocycles. The van der Waals surface area contributed by atoms with Gasteiger partial charge in [0.05, 0.1) is 6.54 Å². The van der Waals surface area contributed by atoms with Crippen molar-refractivity contribution in [2.75, 3.05) is 19.7 Å². The molecule has 1 unspecified atom stereocenters. The Balaban J connectivity index is 1.70. The number of aliphatic hydroxyl groups excluding tert-OH is 1. The third-order valence-electron chi connectivity index (χ3n) is 3.83. The molecule has 106 valence electrons.